The van der Waals surface area contributed by atoms with E-state index in [0.29, 0.717) is 6.54 Å². The number of rotatable bonds is 20. The van der Waals surface area contributed by atoms with E-state index in [1.807, 2.05) is 0 Å². The van der Waals surface area contributed by atoms with Crippen molar-refractivity contribution in [3.05, 3.63) is 0 Å². The van der Waals surface area contributed by atoms with Crippen LogP contribution in [0.3, 0.4) is 0 Å². The lowest BCUT2D eigenvalue weighted by molar-refractivity contribution is -0.343. The molecule has 39 heavy (non-hydrogen) atoms. The van der Waals surface area contributed by atoms with Crippen molar-refractivity contribution in [3.63, 3.8) is 0 Å². The summed E-state index contributed by atoms with van der Waals surface area (Å²) in [6.07, 6.45) is 3.90. The van der Waals surface area contributed by atoms with Crippen molar-refractivity contribution in [1.29, 1.82) is 0 Å². The van der Waals surface area contributed by atoms with Crippen LogP contribution in [0.15, 0.2) is 0 Å². The molecule has 2 aliphatic rings. The average Bonchev–Trinajstić information content (AvgIpc) is 2.94. The van der Waals surface area contributed by atoms with Crippen LogP contribution in [0.25, 0.3) is 0 Å². The van der Waals surface area contributed by atoms with Crippen LogP contribution in [0.2, 0.25) is 0 Å². The highest BCUT2D eigenvalue weighted by molar-refractivity contribution is 4.95. The third kappa shape index (κ3) is 11.4. The molecule has 8 N–H and O–H groups in total. The molecule has 0 radical (unpaired) electrons. The van der Waals surface area contributed by atoms with Gasteiger partial charge in [0.1, 0.15) is 55.1 Å². The molecule has 2 saturated heterocycles. The number of nitrogens with one attached hydrogen (secondary N) is 1. The average molecular weight is 566 g/mol. The van der Waals surface area contributed by atoms with Crippen LogP contribution in [0, 0.1) is 0 Å². The van der Waals surface area contributed by atoms with Gasteiger partial charge in [0.2, 0.25) is 0 Å². The van der Waals surface area contributed by atoms with E-state index in [0.717, 1.165) is 19.3 Å². The molecule has 11 heteroatoms. The lowest BCUT2D eigenvalue weighted by atomic mass is 9.96. The van der Waals surface area contributed by atoms with E-state index in [1.165, 1.54) is 70.6 Å². The first-order valence-electron chi connectivity index (χ1n) is 15.2. The van der Waals surface area contributed by atoms with Gasteiger partial charge in [0.15, 0.2) is 6.29 Å². The fourth-order valence-electron chi connectivity index (χ4n) is 5.32. The Labute approximate surface area is 233 Å². The normalized spacial score (nSPS) is 35.4. The first kappa shape index (κ1) is 34.8. The quantitative estimate of drug-likeness (QED) is 0.0972. The molecule has 2 fully saturated rings. The molecule has 0 aromatic rings. The Morgan fingerprint density at radius 3 is 1.59 bits per heavy atom. The third-order valence-corrected chi connectivity index (χ3v) is 7.88. The van der Waals surface area contributed by atoms with Gasteiger partial charge in [0.05, 0.1) is 13.2 Å². The predicted molar refractivity (Wildman–Crippen MR) is 145 cm³/mol. The second-order valence-electron chi connectivity index (χ2n) is 11.1. The van der Waals surface area contributed by atoms with Crippen molar-refractivity contribution >= 4 is 0 Å². The number of aliphatic hydroxyl groups is 7. The summed E-state index contributed by atoms with van der Waals surface area (Å²) < 4.78 is 16.6. The zero-order valence-corrected chi connectivity index (χ0v) is 23.6. The summed E-state index contributed by atoms with van der Waals surface area (Å²) >= 11 is 0. The molecule has 0 saturated carbocycles. The second kappa shape index (κ2) is 19.6. The van der Waals surface area contributed by atoms with Gasteiger partial charge in [-0.1, -0.05) is 90.4 Å². The van der Waals surface area contributed by atoms with Crippen LogP contribution < -0.4 is 5.32 Å². The van der Waals surface area contributed by atoms with Crippen molar-refractivity contribution in [2.75, 3.05) is 19.8 Å². The fourth-order valence-corrected chi connectivity index (χ4v) is 5.32. The lowest BCUT2D eigenvalue weighted by Crippen LogP contribution is -2.66. The second-order valence-corrected chi connectivity index (χ2v) is 11.1. The first-order valence-corrected chi connectivity index (χ1v) is 15.2. The van der Waals surface area contributed by atoms with E-state index in [9.17, 15) is 35.7 Å². The number of hydrogen-bond acceptors (Lipinski definition) is 11. The van der Waals surface area contributed by atoms with Crippen molar-refractivity contribution in [2.24, 2.45) is 0 Å². The highest BCUT2D eigenvalue weighted by atomic mass is 16.7. The van der Waals surface area contributed by atoms with E-state index in [2.05, 4.69) is 12.2 Å². The van der Waals surface area contributed by atoms with Gasteiger partial charge in [-0.3, -0.25) is 5.32 Å². The third-order valence-electron chi connectivity index (χ3n) is 7.88. The van der Waals surface area contributed by atoms with Gasteiger partial charge in [-0.15, -0.1) is 0 Å². The van der Waals surface area contributed by atoms with Gasteiger partial charge in [-0.25, -0.2) is 0 Å². The van der Waals surface area contributed by atoms with Crippen molar-refractivity contribution < 1.29 is 50.0 Å². The van der Waals surface area contributed by atoms with E-state index in [4.69, 9.17) is 14.2 Å². The molecule has 2 heterocycles. The molecule has 11 nitrogen and oxygen atoms in total. The summed E-state index contributed by atoms with van der Waals surface area (Å²) in [5.41, 5.74) is 0. The summed E-state index contributed by atoms with van der Waals surface area (Å²) in [5, 5.41) is 73.6. The summed E-state index contributed by atoms with van der Waals surface area (Å²) in [4.78, 5) is 0. The molecular weight excluding hydrogens is 510 g/mol. The smallest absolute Gasteiger partial charge is 0.187 e. The lowest BCUT2D eigenvalue weighted by Gasteiger charge is -2.46. The Morgan fingerprint density at radius 2 is 1.08 bits per heavy atom. The van der Waals surface area contributed by atoms with E-state index in [-0.39, 0.29) is 0 Å². The van der Waals surface area contributed by atoms with Crippen molar-refractivity contribution in [3.8, 4) is 0 Å². The Morgan fingerprint density at radius 1 is 0.564 bits per heavy atom. The molecule has 2 rings (SSSR count). The van der Waals surface area contributed by atoms with E-state index >= 15 is 0 Å². The Hall–Kier alpha value is -0.440. The SMILES string of the molecule is CCCCCCCCCCCCCCCCN[C@@H]1O[C@H](CO)[C@@H](O[C@@H]2O[C@H](CO)[C@H](O)[C@H](O)[C@H]2O)[C@H](O)[C@H]1O. The maximum atomic E-state index is 10.7. The summed E-state index contributed by atoms with van der Waals surface area (Å²) in [5.74, 6) is 0. The minimum Gasteiger partial charge on any atom is -0.394 e. The summed E-state index contributed by atoms with van der Waals surface area (Å²) in [6.45, 7) is 1.65. The fraction of sp³-hybridized carbons (Fsp3) is 1.00. The Balaban J connectivity index is 1.62. The van der Waals surface area contributed by atoms with Gasteiger partial charge in [0, 0.05) is 0 Å². The molecule has 0 aromatic heterocycles. The van der Waals surface area contributed by atoms with Crippen LogP contribution >= 0.6 is 0 Å². The predicted octanol–water partition coefficient (Wildman–Crippen LogP) is 0.681. The van der Waals surface area contributed by atoms with Gasteiger partial charge in [0.25, 0.3) is 0 Å². The first-order chi connectivity index (χ1) is 18.8. The van der Waals surface area contributed by atoms with Gasteiger partial charge in [-0.2, -0.15) is 0 Å². The minimum atomic E-state index is -1.68. The molecule has 0 aliphatic carbocycles. The van der Waals surface area contributed by atoms with Gasteiger partial charge >= 0.3 is 0 Å². The van der Waals surface area contributed by atoms with Crippen molar-refractivity contribution in [1.82, 2.24) is 5.32 Å². The zero-order chi connectivity index (χ0) is 28.6. The number of unbranched alkanes of at least 4 members (excludes halogenated alkanes) is 13. The Bertz CT molecular complexity index is 613. The molecule has 232 valence electrons. The maximum Gasteiger partial charge on any atom is 0.187 e. The maximum absolute atomic E-state index is 10.7. The topological polar surface area (TPSA) is 181 Å². The minimum absolute atomic E-state index is 0.539. The molecule has 0 aromatic carbocycles. The van der Waals surface area contributed by atoms with E-state index < -0.39 is 74.6 Å². The van der Waals surface area contributed by atoms with Crippen LogP contribution in [0.5, 0.6) is 0 Å². The number of ether oxygens (including phenoxy) is 3. The zero-order valence-electron chi connectivity index (χ0n) is 23.6. The highest BCUT2D eigenvalue weighted by Crippen LogP contribution is 2.28. The van der Waals surface area contributed by atoms with Gasteiger partial charge < -0.3 is 50.0 Å². The monoisotopic (exact) mass is 565 g/mol. The van der Waals surface area contributed by atoms with Crippen LogP contribution in [-0.2, 0) is 14.2 Å². The molecule has 0 bridgehead atoms. The highest BCUT2D eigenvalue weighted by Gasteiger charge is 2.50. The number of aliphatic hydroxyl groups excluding tert-OH is 7. The molecule has 10 atom stereocenters. The molecular formula is C28H55NO10. The van der Waals surface area contributed by atoms with E-state index in [1.54, 1.807) is 0 Å². The van der Waals surface area contributed by atoms with Crippen LogP contribution in [-0.4, -0.2) is 117 Å². The largest absolute Gasteiger partial charge is 0.394 e. The Kier molecular flexibility index (Phi) is 17.5. The molecule has 2 aliphatic heterocycles. The van der Waals surface area contributed by atoms with Crippen molar-refractivity contribution in [2.45, 2.75) is 158 Å². The number of hydrogen-bond donors (Lipinski definition) is 8. The van der Waals surface area contributed by atoms with Gasteiger partial charge in [-0.05, 0) is 13.0 Å². The molecule has 0 unspecified atom stereocenters. The summed E-state index contributed by atoms with van der Waals surface area (Å²) in [6, 6.07) is 0. The molecule has 0 amide bonds. The van der Waals surface area contributed by atoms with Crippen LogP contribution in [0.4, 0.5) is 0 Å². The summed E-state index contributed by atoms with van der Waals surface area (Å²) in [7, 11) is 0. The standard InChI is InChI=1S/C28H55NO10/c1-2-3-4-5-6-7-8-9-10-11-12-13-14-15-16-29-27-24(35)23(34)26(20(18-31)37-27)39-28-25(36)22(33)21(32)19(17-30)38-28/h19-36H,2-18H2,1H3/t19-,20-,21+,22+,23-,24-,25-,26-,27-,28+/m1/s1. The molecule has 0 spiro atoms. The van der Waals surface area contributed by atoms with Crippen LogP contribution in [0.1, 0.15) is 96.8 Å².